The van der Waals surface area contributed by atoms with Gasteiger partial charge in [-0.05, 0) is 62.3 Å². The fourth-order valence-electron chi connectivity index (χ4n) is 6.85. The summed E-state index contributed by atoms with van der Waals surface area (Å²) >= 11 is 0. The molecule has 4 N–H and O–H groups in total. The molecule has 214 valence electrons. The number of nitrogens with zero attached hydrogens (tertiary/aromatic N) is 2. The van der Waals surface area contributed by atoms with Gasteiger partial charge in [-0.2, -0.15) is 12.7 Å². The largest absolute Gasteiger partial charge is 0.481 e. The van der Waals surface area contributed by atoms with Crippen LogP contribution in [-0.2, 0) is 32.7 Å². The van der Waals surface area contributed by atoms with Crippen LogP contribution in [0.1, 0.15) is 78.9 Å². The molecule has 0 spiro atoms. The van der Waals surface area contributed by atoms with E-state index in [-0.39, 0.29) is 24.1 Å². The van der Waals surface area contributed by atoms with Crippen LogP contribution in [0.2, 0.25) is 0 Å². The van der Waals surface area contributed by atoms with Gasteiger partial charge < -0.3 is 20.1 Å². The van der Waals surface area contributed by atoms with Gasteiger partial charge in [0.15, 0.2) is 0 Å². The van der Waals surface area contributed by atoms with Crippen molar-refractivity contribution in [3.8, 4) is 0 Å². The van der Waals surface area contributed by atoms with Gasteiger partial charge in [0.2, 0.25) is 0 Å². The number of rotatable bonds is 10. The molecule has 2 aliphatic carbocycles. The Kier molecular flexibility index (Phi) is 7.80. The molecule has 1 amide bonds. The Labute approximate surface area is 230 Å². The zero-order valence-electron chi connectivity index (χ0n) is 22.8. The highest BCUT2D eigenvalue weighted by molar-refractivity contribution is 7.87. The average Bonchev–Trinajstić information content (AvgIpc) is 3.60. The fourth-order valence-corrected chi connectivity index (χ4v) is 7.73. The topological polar surface area (TPSA) is 144 Å². The maximum Gasteiger partial charge on any atom is 0.311 e. The van der Waals surface area contributed by atoms with E-state index in [2.05, 4.69) is 9.29 Å². The molecule has 1 aromatic carbocycles. The quantitative estimate of drug-likeness (QED) is 0.379. The minimum absolute atomic E-state index is 0.0550. The first kappa shape index (κ1) is 28.1. The summed E-state index contributed by atoms with van der Waals surface area (Å²) in [6, 6.07) is 5.31. The first-order valence-electron chi connectivity index (χ1n) is 14.0. The van der Waals surface area contributed by atoms with E-state index in [1.165, 1.54) is 19.0 Å². The lowest BCUT2D eigenvalue weighted by Crippen LogP contribution is -2.41. The second-order valence-corrected chi connectivity index (χ2v) is 13.3. The van der Waals surface area contributed by atoms with Crippen molar-refractivity contribution in [1.82, 2.24) is 13.6 Å². The molecule has 0 saturated heterocycles. The number of hydrogen-bond acceptors (Lipinski definition) is 6. The molecule has 2 heterocycles. The molecular formula is C28H40N4O6S. The van der Waals surface area contributed by atoms with Crippen LogP contribution in [0.5, 0.6) is 0 Å². The van der Waals surface area contributed by atoms with Gasteiger partial charge in [0.05, 0.1) is 11.5 Å². The number of carbonyl (C=O) groups is 2. The summed E-state index contributed by atoms with van der Waals surface area (Å²) in [5, 5.41) is 11.2. The number of aliphatic carboxylic acids is 1. The molecule has 3 unspecified atom stereocenters. The van der Waals surface area contributed by atoms with Crippen molar-refractivity contribution < 1.29 is 27.9 Å². The van der Waals surface area contributed by atoms with E-state index < -0.39 is 27.5 Å². The highest BCUT2D eigenvalue weighted by Crippen LogP contribution is 2.59. The van der Waals surface area contributed by atoms with E-state index in [1.807, 2.05) is 6.07 Å². The molecule has 5 rings (SSSR count). The highest BCUT2D eigenvalue weighted by Gasteiger charge is 2.65. The standard InChI is InChI=1S/C28H40N4O6S/c1-31(13-7-6-12-29)39(36,37)30-26(33)19-10-11-20-22(14-19)32-17-28(27(34)35)16-21(28)24(38-2)15-23(32)25(20)18-8-4-3-5-9-18/h10-11,14,18,21,24H,3-9,12-13,15-17,29H2,1-2H3,(H,30,33)(H,34,35). The van der Waals surface area contributed by atoms with E-state index in [1.54, 1.807) is 19.2 Å². The summed E-state index contributed by atoms with van der Waals surface area (Å²) in [5.41, 5.74) is 7.96. The summed E-state index contributed by atoms with van der Waals surface area (Å²) in [6.07, 6.45) is 7.98. The average molecular weight is 561 g/mol. The molecule has 11 heteroatoms. The minimum Gasteiger partial charge on any atom is -0.481 e. The van der Waals surface area contributed by atoms with E-state index in [4.69, 9.17) is 10.5 Å². The van der Waals surface area contributed by atoms with Gasteiger partial charge in [0.25, 0.3) is 5.91 Å². The van der Waals surface area contributed by atoms with E-state index in [9.17, 15) is 23.1 Å². The van der Waals surface area contributed by atoms with Gasteiger partial charge in [0.1, 0.15) is 0 Å². The molecule has 2 saturated carbocycles. The van der Waals surface area contributed by atoms with E-state index >= 15 is 0 Å². The van der Waals surface area contributed by atoms with Crippen LogP contribution >= 0.6 is 0 Å². The minimum atomic E-state index is -4.02. The normalized spacial score (nSPS) is 25.2. The Bertz CT molecular complexity index is 1370. The Morgan fingerprint density at radius 3 is 2.64 bits per heavy atom. The van der Waals surface area contributed by atoms with Gasteiger partial charge in [0, 0.05) is 61.7 Å². The third-order valence-electron chi connectivity index (χ3n) is 9.20. The number of ether oxygens (including phenoxy) is 1. The molecule has 1 aliphatic heterocycles. The van der Waals surface area contributed by atoms with Crippen molar-refractivity contribution in [2.24, 2.45) is 17.1 Å². The number of carboxylic acid groups (broad SMARTS) is 1. The van der Waals surface area contributed by atoms with Crippen molar-refractivity contribution in [2.75, 3.05) is 27.2 Å². The Hall–Kier alpha value is -2.47. The number of nitrogens with two attached hydrogens (primary N) is 1. The number of fused-ring (bicyclic) bond motifs is 4. The predicted octanol–water partition coefficient (Wildman–Crippen LogP) is 3.00. The van der Waals surface area contributed by atoms with Gasteiger partial charge in [-0.25, -0.2) is 4.72 Å². The maximum atomic E-state index is 13.2. The van der Waals surface area contributed by atoms with Crippen LogP contribution in [0.25, 0.3) is 10.9 Å². The molecule has 3 aliphatic rings. The van der Waals surface area contributed by atoms with Crippen molar-refractivity contribution >= 4 is 33.0 Å². The number of nitrogens with one attached hydrogen (secondary N) is 1. The molecule has 10 nitrogen and oxygen atoms in total. The molecule has 39 heavy (non-hydrogen) atoms. The van der Waals surface area contributed by atoms with Crippen LogP contribution in [0.3, 0.4) is 0 Å². The summed E-state index contributed by atoms with van der Waals surface area (Å²) in [7, 11) is -0.929. The van der Waals surface area contributed by atoms with Crippen LogP contribution in [0.4, 0.5) is 0 Å². The number of carbonyl (C=O) groups excluding carboxylic acids is 1. The van der Waals surface area contributed by atoms with Crippen LogP contribution < -0.4 is 10.5 Å². The maximum absolute atomic E-state index is 13.2. The summed E-state index contributed by atoms with van der Waals surface area (Å²) < 4.78 is 36.8. The van der Waals surface area contributed by atoms with Crippen LogP contribution in [-0.4, -0.2) is 67.6 Å². The zero-order chi connectivity index (χ0) is 27.9. The molecule has 2 aromatic rings. The van der Waals surface area contributed by atoms with Crippen molar-refractivity contribution in [3.63, 3.8) is 0 Å². The third kappa shape index (κ3) is 5.10. The monoisotopic (exact) mass is 560 g/mol. The number of unbranched alkanes of at least 4 members (excludes halogenated alkanes) is 1. The number of carboxylic acids is 1. The smallest absolute Gasteiger partial charge is 0.311 e. The summed E-state index contributed by atoms with van der Waals surface area (Å²) in [5.74, 6) is -1.22. The van der Waals surface area contributed by atoms with E-state index in [0.717, 1.165) is 46.6 Å². The lowest BCUT2D eigenvalue weighted by atomic mass is 9.82. The number of methoxy groups -OCH3 is 1. The molecule has 0 radical (unpaired) electrons. The highest BCUT2D eigenvalue weighted by atomic mass is 32.2. The van der Waals surface area contributed by atoms with Gasteiger partial charge in [-0.3, -0.25) is 9.59 Å². The fraction of sp³-hybridized carbons (Fsp3) is 0.643. The number of hydrogen-bond donors (Lipinski definition) is 3. The molecule has 1 aromatic heterocycles. The molecule has 0 bridgehead atoms. The van der Waals surface area contributed by atoms with Crippen molar-refractivity contribution in [1.29, 1.82) is 0 Å². The Morgan fingerprint density at radius 2 is 1.97 bits per heavy atom. The SMILES string of the molecule is COC1Cc2c(C3CCCCC3)c3ccc(C(=O)NS(=O)(=O)N(C)CCCCN)cc3n2CC2(C(=O)O)CC12. The summed E-state index contributed by atoms with van der Waals surface area (Å²) in [4.78, 5) is 25.6. The second kappa shape index (κ2) is 10.8. The van der Waals surface area contributed by atoms with Gasteiger partial charge in [-0.1, -0.05) is 25.3 Å². The van der Waals surface area contributed by atoms with Crippen molar-refractivity contribution in [3.05, 3.63) is 35.0 Å². The van der Waals surface area contributed by atoms with E-state index in [0.29, 0.717) is 44.7 Å². The molecular weight excluding hydrogens is 520 g/mol. The number of benzene rings is 1. The van der Waals surface area contributed by atoms with Gasteiger partial charge >= 0.3 is 16.2 Å². The van der Waals surface area contributed by atoms with Crippen LogP contribution in [0.15, 0.2) is 18.2 Å². The molecule has 2 fully saturated rings. The first-order chi connectivity index (χ1) is 18.6. The zero-order valence-corrected chi connectivity index (χ0v) is 23.6. The lowest BCUT2D eigenvalue weighted by molar-refractivity contribution is -0.145. The summed E-state index contributed by atoms with van der Waals surface area (Å²) in [6.45, 7) is 1.05. The number of aromatic nitrogens is 1. The first-order valence-corrected chi connectivity index (χ1v) is 15.5. The Morgan fingerprint density at radius 1 is 1.23 bits per heavy atom. The van der Waals surface area contributed by atoms with Crippen molar-refractivity contribution in [2.45, 2.75) is 76.4 Å². The second-order valence-electron chi connectivity index (χ2n) is 11.5. The predicted molar refractivity (Wildman–Crippen MR) is 148 cm³/mol. The lowest BCUT2D eigenvalue weighted by Gasteiger charge is -2.24. The number of amides is 1. The Balaban J connectivity index is 1.54. The third-order valence-corrected chi connectivity index (χ3v) is 10.6. The van der Waals surface area contributed by atoms with Crippen LogP contribution in [0, 0.1) is 11.3 Å². The molecule has 3 atom stereocenters. The van der Waals surface area contributed by atoms with Gasteiger partial charge in [-0.15, -0.1) is 0 Å².